The molecule has 0 aliphatic heterocycles. The van der Waals surface area contributed by atoms with E-state index in [0.29, 0.717) is 27.3 Å². The number of carbonyl (C=O) groups is 2. The van der Waals surface area contributed by atoms with E-state index in [2.05, 4.69) is 15.3 Å². The van der Waals surface area contributed by atoms with E-state index in [4.69, 9.17) is 16.3 Å². The largest absolute Gasteiger partial charge is 0.452 e. The Labute approximate surface area is 161 Å². The van der Waals surface area contributed by atoms with E-state index in [1.807, 2.05) is 20.8 Å². The van der Waals surface area contributed by atoms with E-state index in [1.54, 1.807) is 36.4 Å². The molecule has 1 heterocycles. The van der Waals surface area contributed by atoms with Crippen LogP contribution in [0.3, 0.4) is 0 Å². The van der Waals surface area contributed by atoms with Gasteiger partial charge in [0.2, 0.25) is 0 Å². The molecule has 0 saturated heterocycles. The van der Waals surface area contributed by atoms with Crippen LogP contribution in [0.4, 0.5) is 5.69 Å². The first-order valence-electron chi connectivity index (χ1n) is 8.31. The maximum atomic E-state index is 12.2. The Bertz CT molecular complexity index is 1050. The highest BCUT2D eigenvalue weighted by Crippen LogP contribution is 2.19. The summed E-state index contributed by atoms with van der Waals surface area (Å²) < 4.78 is 5.10. The molecule has 0 bridgehead atoms. The smallest absolute Gasteiger partial charge is 0.338 e. The standard InChI is InChI=1S/C20H18ClN3O3/c1-11-8-15(21)5-7-16(11)24-19(25)10-27-20(26)14-4-6-17-18(9-14)23-13(3)12(2)22-17/h4-9H,10H2,1-3H3,(H,24,25). The van der Waals surface area contributed by atoms with Crippen LogP contribution in [0.25, 0.3) is 11.0 Å². The Morgan fingerprint density at radius 3 is 2.41 bits per heavy atom. The third-order valence-electron chi connectivity index (χ3n) is 4.11. The van der Waals surface area contributed by atoms with E-state index in [-0.39, 0.29) is 0 Å². The molecular weight excluding hydrogens is 366 g/mol. The summed E-state index contributed by atoms with van der Waals surface area (Å²) in [6, 6.07) is 10.0. The molecule has 7 heteroatoms. The van der Waals surface area contributed by atoms with Gasteiger partial charge in [0.15, 0.2) is 6.61 Å². The van der Waals surface area contributed by atoms with Crippen LogP contribution < -0.4 is 5.32 Å². The summed E-state index contributed by atoms with van der Waals surface area (Å²) in [5, 5.41) is 3.28. The summed E-state index contributed by atoms with van der Waals surface area (Å²) in [5.41, 5.74) is 4.70. The predicted molar refractivity (Wildman–Crippen MR) is 104 cm³/mol. The van der Waals surface area contributed by atoms with Gasteiger partial charge >= 0.3 is 5.97 Å². The summed E-state index contributed by atoms with van der Waals surface area (Å²) in [6.45, 7) is 5.17. The quantitative estimate of drug-likeness (QED) is 0.688. The van der Waals surface area contributed by atoms with Crippen LogP contribution in [-0.4, -0.2) is 28.5 Å². The number of ether oxygens (including phenoxy) is 1. The fourth-order valence-corrected chi connectivity index (χ4v) is 2.75. The summed E-state index contributed by atoms with van der Waals surface area (Å²) in [4.78, 5) is 33.1. The topological polar surface area (TPSA) is 81.2 Å². The fraction of sp³-hybridized carbons (Fsp3) is 0.200. The SMILES string of the molecule is Cc1cc(Cl)ccc1NC(=O)COC(=O)c1ccc2nc(C)c(C)nc2c1. The zero-order valence-electron chi connectivity index (χ0n) is 15.2. The molecule has 0 radical (unpaired) electrons. The van der Waals surface area contributed by atoms with Crippen LogP contribution in [0.5, 0.6) is 0 Å². The molecule has 27 heavy (non-hydrogen) atoms. The monoisotopic (exact) mass is 383 g/mol. The lowest BCUT2D eigenvalue weighted by Crippen LogP contribution is -2.21. The predicted octanol–water partition coefficient (Wildman–Crippen LogP) is 4.00. The minimum Gasteiger partial charge on any atom is -0.452 e. The van der Waals surface area contributed by atoms with Crippen LogP contribution >= 0.6 is 11.6 Å². The second kappa shape index (κ2) is 7.72. The zero-order chi connectivity index (χ0) is 19.6. The van der Waals surface area contributed by atoms with Gasteiger partial charge in [0.1, 0.15) is 0 Å². The number of fused-ring (bicyclic) bond motifs is 1. The van der Waals surface area contributed by atoms with Gasteiger partial charge in [-0.25, -0.2) is 14.8 Å². The normalized spacial score (nSPS) is 10.7. The maximum Gasteiger partial charge on any atom is 0.338 e. The first-order chi connectivity index (χ1) is 12.8. The first-order valence-corrected chi connectivity index (χ1v) is 8.69. The lowest BCUT2D eigenvalue weighted by atomic mass is 10.2. The van der Waals surface area contributed by atoms with Gasteiger partial charge in [-0.1, -0.05) is 11.6 Å². The van der Waals surface area contributed by atoms with Gasteiger partial charge in [0.25, 0.3) is 5.91 Å². The first kappa shape index (κ1) is 18.8. The summed E-state index contributed by atoms with van der Waals surface area (Å²) in [5.74, 6) is -1.03. The van der Waals surface area contributed by atoms with Crippen molar-refractivity contribution in [1.29, 1.82) is 0 Å². The van der Waals surface area contributed by atoms with Crippen molar-refractivity contribution < 1.29 is 14.3 Å². The Morgan fingerprint density at radius 1 is 1.00 bits per heavy atom. The van der Waals surface area contributed by atoms with Crippen LogP contribution in [0, 0.1) is 20.8 Å². The molecule has 0 unspecified atom stereocenters. The van der Waals surface area contributed by atoms with Gasteiger partial charge in [0.05, 0.1) is 28.0 Å². The van der Waals surface area contributed by atoms with Crippen LogP contribution in [0.15, 0.2) is 36.4 Å². The number of hydrogen-bond donors (Lipinski definition) is 1. The number of rotatable bonds is 4. The van der Waals surface area contributed by atoms with Gasteiger partial charge in [-0.05, 0) is 62.7 Å². The number of nitrogens with one attached hydrogen (secondary N) is 1. The van der Waals surface area contributed by atoms with Gasteiger partial charge in [-0.3, -0.25) is 4.79 Å². The lowest BCUT2D eigenvalue weighted by molar-refractivity contribution is -0.119. The number of carbonyl (C=O) groups excluding carboxylic acids is 2. The number of amides is 1. The molecule has 0 fully saturated rings. The Kier molecular flexibility index (Phi) is 5.37. The molecule has 0 spiro atoms. The molecule has 3 rings (SSSR count). The number of anilines is 1. The molecular formula is C20H18ClN3O3. The highest BCUT2D eigenvalue weighted by atomic mass is 35.5. The minimum atomic E-state index is -0.597. The summed E-state index contributed by atoms with van der Waals surface area (Å²) in [6.07, 6.45) is 0. The Balaban J connectivity index is 1.65. The van der Waals surface area contributed by atoms with Crippen molar-refractivity contribution in [3.63, 3.8) is 0 Å². The lowest BCUT2D eigenvalue weighted by Gasteiger charge is -2.09. The molecule has 0 saturated carbocycles. The molecule has 138 valence electrons. The molecule has 2 aromatic carbocycles. The summed E-state index contributed by atoms with van der Waals surface area (Å²) >= 11 is 5.89. The van der Waals surface area contributed by atoms with Crippen molar-refractivity contribution in [2.45, 2.75) is 20.8 Å². The molecule has 1 N–H and O–H groups in total. The van der Waals surface area contributed by atoms with E-state index in [9.17, 15) is 9.59 Å². The maximum absolute atomic E-state index is 12.2. The van der Waals surface area contributed by atoms with Crippen molar-refractivity contribution in [1.82, 2.24) is 9.97 Å². The van der Waals surface area contributed by atoms with Crippen molar-refractivity contribution in [2.24, 2.45) is 0 Å². The molecule has 1 aromatic heterocycles. The Hall–Kier alpha value is -2.99. The van der Waals surface area contributed by atoms with Gasteiger partial charge in [-0.15, -0.1) is 0 Å². The highest BCUT2D eigenvalue weighted by Gasteiger charge is 2.13. The molecule has 3 aromatic rings. The van der Waals surface area contributed by atoms with Crippen LogP contribution in [-0.2, 0) is 9.53 Å². The van der Waals surface area contributed by atoms with Gasteiger partial charge < -0.3 is 10.1 Å². The molecule has 6 nitrogen and oxygen atoms in total. The molecule has 0 atom stereocenters. The van der Waals surface area contributed by atoms with Crippen LogP contribution in [0.2, 0.25) is 5.02 Å². The van der Waals surface area contributed by atoms with Crippen LogP contribution in [0.1, 0.15) is 27.3 Å². The van der Waals surface area contributed by atoms with Crippen molar-refractivity contribution in [2.75, 3.05) is 11.9 Å². The van der Waals surface area contributed by atoms with Gasteiger partial charge in [0, 0.05) is 10.7 Å². The molecule has 0 aliphatic rings. The van der Waals surface area contributed by atoms with Gasteiger partial charge in [-0.2, -0.15) is 0 Å². The second-order valence-corrected chi connectivity index (χ2v) is 6.62. The third-order valence-corrected chi connectivity index (χ3v) is 4.34. The minimum absolute atomic E-state index is 0.315. The zero-order valence-corrected chi connectivity index (χ0v) is 15.9. The number of aromatic nitrogens is 2. The average molecular weight is 384 g/mol. The molecule has 1 amide bonds. The third kappa shape index (κ3) is 4.41. The average Bonchev–Trinajstić information content (AvgIpc) is 2.62. The van der Waals surface area contributed by atoms with Crippen molar-refractivity contribution >= 4 is 40.2 Å². The fourth-order valence-electron chi connectivity index (χ4n) is 2.53. The number of nitrogens with zero attached hydrogens (tertiary/aromatic N) is 2. The Morgan fingerprint density at radius 2 is 1.70 bits per heavy atom. The highest BCUT2D eigenvalue weighted by molar-refractivity contribution is 6.30. The number of halogens is 1. The van der Waals surface area contributed by atoms with E-state index < -0.39 is 18.5 Å². The van der Waals surface area contributed by atoms with E-state index in [1.165, 1.54) is 0 Å². The van der Waals surface area contributed by atoms with E-state index >= 15 is 0 Å². The van der Waals surface area contributed by atoms with Crippen molar-refractivity contribution in [3.05, 3.63) is 63.9 Å². The van der Waals surface area contributed by atoms with Crippen molar-refractivity contribution in [3.8, 4) is 0 Å². The number of esters is 1. The number of hydrogen-bond acceptors (Lipinski definition) is 5. The number of aryl methyl sites for hydroxylation is 3. The summed E-state index contributed by atoms with van der Waals surface area (Å²) in [7, 11) is 0. The number of benzene rings is 2. The molecule has 0 aliphatic carbocycles. The second-order valence-electron chi connectivity index (χ2n) is 6.18. The van der Waals surface area contributed by atoms with E-state index in [0.717, 1.165) is 17.0 Å².